The number of aromatic nitrogens is 2. The van der Waals surface area contributed by atoms with E-state index in [1.165, 1.54) is 0 Å². The van der Waals surface area contributed by atoms with Crippen LogP contribution in [0.25, 0.3) is 35.2 Å². The van der Waals surface area contributed by atoms with Gasteiger partial charge in [0.15, 0.2) is 11.6 Å². The molecular formula is C28H20F2N2O2S. The van der Waals surface area contributed by atoms with Gasteiger partial charge in [0.25, 0.3) is 0 Å². The summed E-state index contributed by atoms with van der Waals surface area (Å²) in [6, 6.07) is 13.8. The zero-order valence-corrected chi connectivity index (χ0v) is 19.3. The molecule has 0 saturated heterocycles. The molecule has 1 unspecified atom stereocenters. The average Bonchev–Trinajstić information content (AvgIpc) is 3.00. The molecule has 0 spiro atoms. The van der Waals surface area contributed by atoms with Gasteiger partial charge in [0.2, 0.25) is 0 Å². The van der Waals surface area contributed by atoms with Crippen molar-refractivity contribution in [3.8, 4) is 0 Å². The van der Waals surface area contributed by atoms with Gasteiger partial charge in [-0.05, 0) is 58.2 Å². The molecule has 174 valence electrons. The summed E-state index contributed by atoms with van der Waals surface area (Å²) in [7, 11) is 0. The van der Waals surface area contributed by atoms with Gasteiger partial charge in [0.1, 0.15) is 0 Å². The number of carboxylic acid groups (broad SMARTS) is 1. The van der Waals surface area contributed by atoms with Gasteiger partial charge in [-0.25, -0.2) is 13.8 Å². The van der Waals surface area contributed by atoms with Crippen LogP contribution in [0.5, 0.6) is 0 Å². The van der Waals surface area contributed by atoms with Crippen LogP contribution in [0.1, 0.15) is 45.2 Å². The fourth-order valence-corrected chi connectivity index (χ4v) is 5.35. The summed E-state index contributed by atoms with van der Waals surface area (Å²) in [5, 5.41) is 9.59. The van der Waals surface area contributed by atoms with Crippen molar-refractivity contribution in [1.29, 1.82) is 0 Å². The number of nitrogens with zero attached hydrogens (tertiary/aromatic N) is 2. The lowest BCUT2D eigenvalue weighted by Gasteiger charge is -2.20. The first-order valence-corrected chi connectivity index (χ1v) is 12.1. The number of fused-ring (bicyclic) bond motifs is 3. The predicted octanol–water partition coefficient (Wildman–Crippen LogP) is 6.86. The molecule has 1 N–H and O–H groups in total. The smallest absolute Gasteiger partial charge is 0.304 e. The molecular weight excluding hydrogens is 466 g/mol. The molecule has 5 rings (SSSR count). The largest absolute Gasteiger partial charge is 0.481 e. The fraction of sp³-hybridized carbons (Fsp3) is 0.107. The van der Waals surface area contributed by atoms with Gasteiger partial charge in [-0.1, -0.05) is 36.4 Å². The third kappa shape index (κ3) is 5.00. The van der Waals surface area contributed by atoms with Crippen molar-refractivity contribution in [3.63, 3.8) is 0 Å². The van der Waals surface area contributed by atoms with Crippen LogP contribution >= 0.6 is 11.8 Å². The third-order valence-corrected chi connectivity index (χ3v) is 7.09. The summed E-state index contributed by atoms with van der Waals surface area (Å²) < 4.78 is 27.1. The Morgan fingerprint density at radius 1 is 0.971 bits per heavy atom. The Labute approximate surface area is 205 Å². The van der Waals surface area contributed by atoms with E-state index >= 15 is 0 Å². The Morgan fingerprint density at radius 3 is 2.60 bits per heavy atom. The number of thioether (sulfide) groups is 1. The van der Waals surface area contributed by atoms with Crippen LogP contribution in [0.2, 0.25) is 0 Å². The minimum atomic E-state index is -0.925. The van der Waals surface area contributed by atoms with Crippen LogP contribution in [0.3, 0.4) is 0 Å². The Bertz CT molecular complexity index is 1500. The number of rotatable bonds is 6. The van der Waals surface area contributed by atoms with Crippen molar-refractivity contribution in [2.45, 2.75) is 11.7 Å². The maximum Gasteiger partial charge on any atom is 0.304 e. The van der Waals surface area contributed by atoms with Crippen LogP contribution in [0.15, 0.2) is 60.9 Å². The van der Waals surface area contributed by atoms with Crippen molar-refractivity contribution < 1.29 is 18.7 Å². The van der Waals surface area contributed by atoms with Gasteiger partial charge in [0.05, 0.1) is 22.9 Å². The lowest BCUT2D eigenvalue weighted by Crippen LogP contribution is -2.04. The first-order valence-electron chi connectivity index (χ1n) is 11.0. The van der Waals surface area contributed by atoms with Crippen molar-refractivity contribution in [1.82, 2.24) is 9.97 Å². The Hall–Kier alpha value is -3.84. The summed E-state index contributed by atoms with van der Waals surface area (Å²) in [5.74, 6) is -2.16. The van der Waals surface area contributed by atoms with E-state index in [2.05, 4.69) is 28.2 Å². The molecule has 35 heavy (non-hydrogen) atoms. The molecule has 1 aliphatic rings. The quantitative estimate of drug-likeness (QED) is 0.323. The molecule has 0 saturated carbocycles. The number of carbonyl (C=O) groups is 1. The SMILES string of the molecule is O=C(O)CCSC1c2cnccc2C=Cc2ccc(C=Cc3ccc4cc(F)c(F)cc4n3)cc21. The topological polar surface area (TPSA) is 63.1 Å². The van der Waals surface area contributed by atoms with E-state index in [1.54, 1.807) is 30.1 Å². The molecule has 4 aromatic rings. The van der Waals surface area contributed by atoms with Crippen LogP contribution in [-0.2, 0) is 4.79 Å². The Morgan fingerprint density at radius 2 is 1.77 bits per heavy atom. The fourth-order valence-electron chi connectivity index (χ4n) is 4.06. The highest BCUT2D eigenvalue weighted by molar-refractivity contribution is 7.99. The van der Waals surface area contributed by atoms with Crippen molar-refractivity contribution in [3.05, 3.63) is 106 Å². The zero-order chi connectivity index (χ0) is 24.4. The lowest BCUT2D eigenvalue weighted by molar-refractivity contribution is -0.136. The van der Waals surface area contributed by atoms with E-state index in [9.17, 15) is 13.6 Å². The molecule has 0 amide bonds. The molecule has 0 bridgehead atoms. The van der Waals surface area contributed by atoms with Gasteiger partial charge in [-0.2, -0.15) is 0 Å². The van der Waals surface area contributed by atoms with Gasteiger partial charge >= 0.3 is 5.97 Å². The first-order chi connectivity index (χ1) is 17.0. The maximum atomic E-state index is 13.6. The van der Waals surface area contributed by atoms with Crippen molar-refractivity contribution in [2.75, 3.05) is 5.75 Å². The molecule has 2 aromatic heterocycles. The molecule has 4 nitrogen and oxygen atoms in total. The standard InChI is InChI=1S/C28H20F2N2O2S/c29-24-14-20-6-8-21(32-26(20)15-25(24)30)7-2-17-1-3-18-4-5-19-9-11-31-16-23(19)28(22(18)13-17)35-12-10-27(33)34/h1-9,11,13-16,28H,10,12H2,(H,33,34). The first kappa shape index (κ1) is 22.9. The number of halogens is 2. The summed E-state index contributed by atoms with van der Waals surface area (Å²) in [5.41, 5.74) is 6.20. The third-order valence-electron chi connectivity index (χ3n) is 5.81. The van der Waals surface area contributed by atoms with Gasteiger partial charge in [-0.15, -0.1) is 11.8 Å². The van der Waals surface area contributed by atoms with E-state index in [4.69, 9.17) is 5.11 Å². The lowest BCUT2D eigenvalue weighted by atomic mass is 9.98. The number of aliphatic carboxylic acids is 1. The maximum absolute atomic E-state index is 13.6. The van der Waals surface area contributed by atoms with Crippen LogP contribution in [-0.4, -0.2) is 26.8 Å². The second-order valence-corrected chi connectivity index (χ2v) is 9.36. The molecule has 2 heterocycles. The minimum Gasteiger partial charge on any atom is -0.481 e. The van der Waals surface area contributed by atoms with Crippen LogP contribution < -0.4 is 0 Å². The van der Waals surface area contributed by atoms with Crippen LogP contribution in [0, 0.1) is 11.6 Å². The molecule has 0 fully saturated rings. The van der Waals surface area contributed by atoms with Gasteiger partial charge < -0.3 is 5.11 Å². The van der Waals surface area contributed by atoms with Crippen LogP contribution in [0.4, 0.5) is 8.78 Å². The summed E-state index contributed by atoms with van der Waals surface area (Å²) in [4.78, 5) is 19.8. The highest BCUT2D eigenvalue weighted by Crippen LogP contribution is 2.42. The second-order valence-electron chi connectivity index (χ2n) is 8.15. The predicted molar refractivity (Wildman–Crippen MR) is 137 cm³/mol. The second kappa shape index (κ2) is 9.80. The molecule has 7 heteroatoms. The Balaban J connectivity index is 1.48. The highest BCUT2D eigenvalue weighted by atomic mass is 32.2. The summed E-state index contributed by atoms with van der Waals surface area (Å²) >= 11 is 1.59. The van der Waals surface area contributed by atoms with E-state index in [0.29, 0.717) is 22.3 Å². The van der Waals surface area contributed by atoms with E-state index in [1.807, 2.05) is 36.5 Å². The average molecular weight is 487 g/mol. The molecule has 0 aliphatic heterocycles. The summed E-state index contributed by atoms with van der Waals surface area (Å²) in [6.45, 7) is 0. The summed E-state index contributed by atoms with van der Waals surface area (Å²) in [6.07, 6.45) is 11.6. The number of carboxylic acids is 1. The van der Waals surface area contributed by atoms with E-state index < -0.39 is 17.6 Å². The number of hydrogen-bond donors (Lipinski definition) is 1. The molecule has 1 aliphatic carbocycles. The van der Waals surface area contributed by atoms with Gasteiger partial charge in [-0.3, -0.25) is 9.78 Å². The van der Waals surface area contributed by atoms with E-state index in [0.717, 1.165) is 39.9 Å². The van der Waals surface area contributed by atoms with E-state index in [-0.39, 0.29) is 11.7 Å². The normalized spacial score (nSPS) is 14.6. The zero-order valence-electron chi connectivity index (χ0n) is 18.5. The number of benzene rings is 2. The highest BCUT2D eigenvalue weighted by Gasteiger charge is 2.22. The molecule has 2 aromatic carbocycles. The molecule has 0 radical (unpaired) electrons. The van der Waals surface area contributed by atoms with Crippen molar-refractivity contribution in [2.24, 2.45) is 0 Å². The molecule has 1 atom stereocenters. The monoisotopic (exact) mass is 486 g/mol. The van der Waals surface area contributed by atoms with Gasteiger partial charge in [0, 0.05) is 29.6 Å². The van der Waals surface area contributed by atoms with Crippen molar-refractivity contribution >= 4 is 52.9 Å². The Kier molecular flexibility index (Phi) is 6.42. The minimum absolute atomic E-state index is 0.0620. The number of hydrogen-bond acceptors (Lipinski definition) is 4. The number of pyridine rings is 2.